The van der Waals surface area contributed by atoms with Crippen LogP contribution in [0, 0.1) is 0 Å². The van der Waals surface area contributed by atoms with Crippen LogP contribution in [-0.2, 0) is 0 Å². The number of halogens is 1. The minimum absolute atomic E-state index is 0.132. The number of aromatic hydroxyl groups is 1. The molecular weight excluding hydrogens is 516 g/mol. The lowest BCUT2D eigenvalue weighted by molar-refractivity contribution is 0.479. The zero-order chi connectivity index (χ0) is 22.5. The van der Waals surface area contributed by atoms with Crippen LogP contribution in [0.15, 0.2) is 83.6 Å². The third kappa shape index (κ3) is 3.53. The normalized spacial score (nSPS) is 15.9. The van der Waals surface area contributed by atoms with Gasteiger partial charge in [-0.15, -0.1) is 15.7 Å². The van der Waals surface area contributed by atoms with Gasteiger partial charge in [-0.2, -0.15) is 9.78 Å². The van der Waals surface area contributed by atoms with E-state index in [4.69, 9.17) is 0 Å². The van der Waals surface area contributed by atoms with Crippen LogP contribution in [0.25, 0.3) is 10.2 Å². The van der Waals surface area contributed by atoms with Crippen molar-refractivity contribution in [2.45, 2.75) is 4.90 Å². The van der Waals surface area contributed by atoms with Gasteiger partial charge >= 0.3 is 0 Å². The van der Waals surface area contributed by atoms with E-state index in [2.05, 4.69) is 30.7 Å². The molecule has 1 aliphatic heterocycles. The van der Waals surface area contributed by atoms with Gasteiger partial charge < -0.3 is 10.4 Å². The van der Waals surface area contributed by atoms with Gasteiger partial charge in [-0.1, -0.05) is 51.0 Å². The molecule has 0 atom stereocenters. The number of amidine groups is 1. The number of nitrogens with one attached hydrogen (secondary N) is 1. The van der Waals surface area contributed by atoms with Gasteiger partial charge in [0.05, 0.1) is 22.1 Å². The van der Waals surface area contributed by atoms with Crippen molar-refractivity contribution in [3.63, 3.8) is 0 Å². The van der Waals surface area contributed by atoms with Gasteiger partial charge in [-0.05, 0) is 41.3 Å². The molecule has 5 rings (SSSR count). The number of hydrogen-bond acceptors (Lipinski definition) is 8. The van der Waals surface area contributed by atoms with Gasteiger partial charge in [0.2, 0.25) is 0 Å². The number of pyridine rings is 1. The van der Waals surface area contributed by atoms with Crippen molar-refractivity contribution in [2.75, 3.05) is 5.32 Å². The molecule has 0 saturated carbocycles. The van der Waals surface area contributed by atoms with E-state index in [0.717, 1.165) is 14.7 Å². The Kier molecular flexibility index (Phi) is 5.14. The molecule has 0 spiro atoms. The number of anilines is 1. The summed E-state index contributed by atoms with van der Waals surface area (Å²) >= 11 is 4.64. The monoisotopic (exact) mass is 530 g/mol. The summed E-state index contributed by atoms with van der Waals surface area (Å²) in [4.78, 5) is 13.6. The SMILES string of the molecule is O=c1c(C2=NS(O)(O)c3ccccc3N2)c(O)c2sccc2n1/N=C/c1cccc(Br)c1. The van der Waals surface area contributed by atoms with Crippen LogP contribution in [0.2, 0.25) is 0 Å². The number of para-hydroxylation sites is 1. The fraction of sp³-hybridized carbons (Fsp3) is 0. The number of thiophene rings is 1. The Labute approximate surface area is 195 Å². The predicted molar refractivity (Wildman–Crippen MR) is 133 cm³/mol. The van der Waals surface area contributed by atoms with E-state index >= 15 is 0 Å². The number of rotatable bonds is 3. The molecule has 3 heterocycles. The lowest BCUT2D eigenvalue weighted by Gasteiger charge is -2.34. The molecule has 0 unspecified atom stereocenters. The first kappa shape index (κ1) is 20.9. The molecule has 0 saturated heterocycles. The van der Waals surface area contributed by atoms with E-state index in [-0.39, 0.29) is 22.0 Å². The van der Waals surface area contributed by atoms with Crippen LogP contribution in [0.5, 0.6) is 5.75 Å². The molecule has 2 aromatic carbocycles. The largest absolute Gasteiger partial charge is 0.505 e. The van der Waals surface area contributed by atoms with E-state index in [0.29, 0.717) is 15.9 Å². The summed E-state index contributed by atoms with van der Waals surface area (Å²) in [5.41, 5.74) is 0.740. The highest BCUT2D eigenvalue weighted by Gasteiger charge is 2.30. The first-order chi connectivity index (χ1) is 15.3. The molecule has 1 aliphatic rings. The molecule has 0 radical (unpaired) electrons. The van der Waals surface area contributed by atoms with Gasteiger partial charge in [0, 0.05) is 4.47 Å². The van der Waals surface area contributed by atoms with E-state index in [1.54, 1.807) is 35.7 Å². The van der Waals surface area contributed by atoms with Crippen LogP contribution >= 0.6 is 38.0 Å². The highest BCUT2D eigenvalue weighted by Crippen LogP contribution is 2.55. The van der Waals surface area contributed by atoms with Crippen LogP contribution in [-0.4, -0.2) is 30.9 Å². The molecule has 0 amide bonds. The minimum Gasteiger partial charge on any atom is -0.505 e. The molecule has 8 nitrogen and oxygen atoms in total. The molecule has 162 valence electrons. The fourth-order valence-electron chi connectivity index (χ4n) is 3.36. The zero-order valence-electron chi connectivity index (χ0n) is 16.1. The zero-order valence-corrected chi connectivity index (χ0v) is 19.4. The first-order valence-electron chi connectivity index (χ1n) is 9.25. The van der Waals surface area contributed by atoms with E-state index in [1.165, 1.54) is 17.6 Å². The second-order valence-corrected chi connectivity index (χ2v) is 10.3. The van der Waals surface area contributed by atoms with Crippen molar-refractivity contribution in [3.8, 4) is 5.75 Å². The Hall–Kier alpha value is -2.96. The Morgan fingerprint density at radius 2 is 1.97 bits per heavy atom. The predicted octanol–water partition coefficient (Wildman–Crippen LogP) is 5.31. The molecule has 0 fully saturated rings. The van der Waals surface area contributed by atoms with Crippen LogP contribution < -0.4 is 10.9 Å². The lowest BCUT2D eigenvalue weighted by Crippen LogP contribution is -2.30. The number of benzene rings is 2. The van der Waals surface area contributed by atoms with Crippen molar-refractivity contribution < 1.29 is 14.2 Å². The highest BCUT2D eigenvalue weighted by molar-refractivity contribution is 9.10. The summed E-state index contributed by atoms with van der Waals surface area (Å²) in [6.45, 7) is 0. The van der Waals surface area contributed by atoms with Crippen LogP contribution in [0.4, 0.5) is 5.69 Å². The molecular formula is C21H15BrN4O4S2. The lowest BCUT2D eigenvalue weighted by atomic mass is 10.2. The molecule has 0 bridgehead atoms. The van der Waals surface area contributed by atoms with Crippen molar-refractivity contribution in [1.82, 2.24) is 4.68 Å². The molecule has 4 aromatic rings. The fourth-order valence-corrected chi connectivity index (χ4v) is 5.76. The first-order valence-corrected chi connectivity index (χ1v) is 12.4. The van der Waals surface area contributed by atoms with E-state index < -0.39 is 16.3 Å². The topological polar surface area (TPSA) is 119 Å². The maximum atomic E-state index is 13.4. The van der Waals surface area contributed by atoms with Crippen LogP contribution in [0.1, 0.15) is 11.1 Å². The molecule has 11 heteroatoms. The Balaban J connectivity index is 1.70. The maximum absolute atomic E-state index is 13.4. The highest BCUT2D eigenvalue weighted by atomic mass is 79.9. The van der Waals surface area contributed by atoms with Gasteiger partial charge in [-0.3, -0.25) is 13.9 Å². The molecule has 2 aromatic heterocycles. The van der Waals surface area contributed by atoms with E-state index in [9.17, 15) is 19.0 Å². The summed E-state index contributed by atoms with van der Waals surface area (Å²) in [5.74, 6) is -0.428. The van der Waals surface area contributed by atoms with Crippen LogP contribution in [0.3, 0.4) is 0 Å². The summed E-state index contributed by atoms with van der Waals surface area (Å²) in [5, 5.41) is 19.9. The number of hydrogen-bond donors (Lipinski definition) is 4. The number of nitrogens with zero attached hydrogens (tertiary/aromatic N) is 3. The van der Waals surface area contributed by atoms with Crippen molar-refractivity contribution in [1.29, 1.82) is 0 Å². The van der Waals surface area contributed by atoms with Gasteiger partial charge in [0.1, 0.15) is 10.5 Å². The number of aromatic nitrogens is 1. The Morgan fingerprint density at radius 3 is 2.78 bits per heavy atom. The number of fused-ring (bicyclic) bond motifs is 2. The molecule has 0 aliphatic carbocycles. The summed E-state index contributed by atoms with van der Waals surface area (Å²) in [7, 11) is -3.56. The maximum Gasteiger partial charge on any atom is 0.286 e. The minimum atomic E-state index is -3.56. The van der Waals surface area contributed by atoms with Crippen molar-refractivity contribution in [2.24, 2.45) is 9.50 Å². The summed E-state index contributed by atoms with van der Waals surface area (Å²) < 4.78 is 27.5. The second kappa shape index (κ2) is 7.87. The molecule has 32 heavy (non-hydrogen) atoms. The van der Waals surface area contributed by atoms with E-state index in [1.807, 2.05) is 24.3 Å². The average molecular weight is 531 g/mol. The smallest absolute Gasteiger partial charge is 0.286 e. The Bertz CT molecular complexity index is 1490. The average Bonchev–Trinajstić information content (AvgIpc) is 3.23. The van der Waals surface area contributed by atoms with Crippen molar-refractivity contribution >= 4 is 66.0 Å². The molecule has 4 N–H and O–H groups in total. The quantitative estimate of drug-likeness (QED) is 0.267. The van der Waals surface area contributed by atoms with Gasteiger partial charge in [-0.25, -0.2) is 0 Å². The Morgan fingerprint density at radius 1 is 1.16 bits per heavy atom. The van der Waals surface area contributed by atoms with Gasteiger partial charge in [0.15, 0.2) is 11.6 Å². The van der Waals surface area contributed by atoms with Crippen molar-refractivity contribution in [3.05, 3.63) is 85.9 Å². The summed E-state index contributed by atoms with van der Waals surface area (Å²) in [6.07, 6.45) is 1.53. The third-order valence-electron chi connectivity index (χ3n) is 4.79. The summed E-state index contributed by atoms with van der Waals surface area (Å²) in [6, 6.07) is 15.7. The van der Waals surface area contributed by atoms with Gasteiger partial charge in [0.25, 0.3) is 5.56 Å². The second-order valence-electron chi connectivity index (χ2n) is 6.85. The third-order valence-corrected chi connectivity index (χ3v) is 7.58. The standard InChI is InChI=1S/C21H15BrN4O4S2/c22-13-5-3-4-12(10-13)11-23-26-15-8-9-31-19(15)18(27)17(21(26)28)20-24-14-6-1-2-7-16(14)32(29,30)25-20/h1-11,27,29-30H,(H,24,25)/b23-11+.